The summed E-state index contributed by atoms with van der Waals surface area (Å²) < 4.78 is 0. The number of carbonyl (C=O) groups is 3. The Morgan fingerprint density at radius 3 is 1.60 bits per heavy atom. The summed E-state index contributed by atoms with van der Waals surface area (Å²) in [6.45, 7) is 0. The van der Waals surface area contributed by atoms with Crippen LogP contribution in [-0.4, -0.2) is 27.3 Å². The molecule has 20 heavy (non-hydrogen) atoms. The number of rotatable bonds is 6. The molecule has 0 aliphatic carbocycles. The lowest BCUT2D eigenvalue weighted by molar-refractivity contribution is -0.117. The van der Waals surface area contributed by atoms with E-state index in [0.717, 1.165) is 0 Å². The van der Waals surface area contributed by atoms with Crippen molar-refractivity contribution in [3.63, 3.8) is 0 Å². The van der Waals surface area contributed by atoms with E-state index in [-0.39, 0.29) is 24.4 Å². The number of nitrogens with zero attached hydrogens (tertiary/aromatic N) is 2. The molecule has 5 nitrogen and oxygen atoms in total. The van der Waals surface area contributed by atoms with E-state index in [1.54, 1.807) is 36.7 Å². The zero-order valence-electron chi connectivity index (χ0n) is 10.7. The van der Waals surface area contributed by atoms with Crippen LogP contribution in [0.15, 0.2) is 49.1 Å². The van der Waals surface area contributed by atoms with Gasteiger partial charge in [0, 0.05) is 35.9 Å². The Bertz CT molecular complexity index is 569. The van der Waals surface area contributed by atoms with Gasteiger partial charge in [-0.1, -0.05) is 0 Å². The summed E-state index contributed by atoms with van der Waals surface area (Å²) in [5.41, 5.74) is 0.740. The molecule has 0 unspecified atom stereocenters. The molecule has 0 fully saturated rings. The molecular weight excluding hydrogens is 256 g/mol. The van der Waals surface area contributed by atoms with Gasteiger partial charge in [-0.05, 0) is 24.3 Å². The standard InChI is InChI=1S/C15H12N2O3/c18-13(7-14(19)11-3-1-5-16-9-11)8-15(20)12-4-2-6-17-10-12/h1-6,9-10H,7-8H2. The molecule has 2 aromatic rings. The van der Waals surface area contributed by atoms with E-state index in [1.165, 1.54) is 12.4 Å². The molecule has 0 aliphatic rings. The number of hydrogen-bond donors (Lipinski definition) is 0. The van der Waals surface area contributed by atoms with Gasteiger partial charge in [0.1, 0.15) is 5.78 Å². The summed E-state index contributed by atoms with van der Waals surface area (Å²) in [4.78, 5) is 42.9. The highest BCUT2D eigenvalue weighted by atomic mass is 16.2. The zero-order chi connectivity index (χ0) is 14.4. The lowest BCUT2D eigenvalue weighted by atomic mass is 10.0. The molecule has 0 spiro atoms. The summed E-state index contributed by atoms with van der Waals surface area (Å²) in [5.74, 6) is -1.07. The van der Waals surface area contributed by atoms with Crippen molar-refractivity contribution in [3.05, 3.63) is 60.2 Å². The van der Waals surface area contributed by atoms with E-state index >= 15 is 0 Å². The Kier molecular flexibility index (Phi) is 4.44. The van der Waals surface area contributed by atoms with Crippen molar-refractivity contribution >= 4 is 17.3 Å². The number of aromatic nitrogens is 2. The van der Waals surface area contributed by atoms with Gasteiger partial charge in [0.2, 0.25) is 0 Å². The Hall–Kier alpha value is -2.69. The van der Waals surface area contributed by atoms with Crippen LogP contribution in [0.3, 0.4) is 0 Å². The summed E-state index contributed by atoms with van der Waals surface area (Å²) in [6.07, 6.45) is 5.31. The van der Waals surface area contributed by atoms with Crippen LogP contribution in [0.4, 0.5) is 0 Å². The summed E-state index contributed by atoms with van der Waals surface area (Å²) in [5, 5.41) is 0. The van der Waals surface area contributed by atoms with Crippen LogP contribution < -0.4 is 0 Å². The van der Waals surface area contributed by atoms with Gasteiger partial charge in [-0.3, -0.25) is 24.4 Å². The van der Waals surface area contributed by atoms with Crippen molar-refractivity contribution in [2.45, 2.75) is 12.8 Å². The monoisotopic (exact) mass is 268 g/mol. The highest BCUT2D eigenvalue weighted by Crippen LogP contribution is 2.06. The minimum Gasteiger partial charge on any atom is -0.299 e. The van der Waals surface area contributed by atoms with Gasteiger partial charge < -0.3 is 0 Å². The van der Waals surface area contributed by atoms with E-state index in [1.807, 2.05) is 0 Å². The van der Waals surface area contributed by atoms with Gasteiger partial charge in [-0.15, -0.1) is 0 Å². The van der Waals surface area contributed by atoms with Crippen LogP contribution in [0.1, 0.15) is 33.6 Å². The smallest absolute Gasteiger partial charge is 0.171 e. The third-order valence-corrected chi connectivity index (χ3v) is 2.68. The number of Topliss-reactive ketones (excluding diaryl/α,β-unsaturated/α-hetero) is 3. The number of ketones is 3. The van der Waals surface area contributed by atoms with E-state index in [0.29, 0.717) is 11.1 Å². The van der Waals surface area contributed by atoms with Gasteiger partial charge in [0.15, 0.2) is 11.6 Å². The minimum atomic E-state index is -0.410. The summed E-state index contributed by atoms with van der Waals surface area (Å²) in [6, 6.07) is 6.42. The minimum absolute atomic E-state index is 0.294. The fraction of sp³-hybridized carbons (Fsp3) is 0.133. The predicted octanol–water partition coefficient (Wildman–Crippen LogP) is 1.89. The molecule has 0 amide bonds. The van der Waals surface area contributed by atoms with Gasteiger partial charge in [-0.25, -0.2) is 0 Å². The lowest BCUT2D eigenvalue weighted by Gasteiger charge is -2.01. The van der Waals surface area contributed by atoms with E-state index in [4.69, 9.17) is 0 Å². The second-order valence-electron chi connectivity index (χ2n) is 4.22. The van der Waals surface area contributed by atoms with Crippen LogP contribution >= 0.6 is 0 Å². The van der Waals surface area contributed by atoms with E-state index in [2.05, 4.69) is 9.97 Å². The Balaban J connectivity index is 1.93. The highest BCUT2D eigenvalue weighted by Gasteiger charge is 2.16. The topological polar surface area (TPSA) is 77.0 Å². The van der Waals surface area contributed by atoms with Crippen LogP contribution in [0.2, 0.25) is 0 Å². The van der Waals surface area contributed by atoms with Crippen molar-refractivity contribution in [3.8, 4) is 0 Å². The van der Waals surface area contributed by atoms with E-state index < -0.39 is 5.78 Å². The number of pyridine rings is 2. The molecule has 0 bridgehead atoms. The molecule has 0 N–H and O–H groups in total. The van der Waals surface area contributed by atoms with Crippen LogP contribution in [0, 0.1) is 0 Å². The van der Waals surface area contributed by atoms with Crippen LogP contribution in [0.5, 0.6) is 0 Å². The first-order valence-corrected chi connectivity index (χ1v) is 6.05. The molecule has 100 valence electrons. The van der Waals surface area contributed by atoms with Crippen molar-refractivity contribution in [2.75, 3.05) is 0 Å². The van der Waals surface area contributed by atoms with Crippen molar-refractivity contribution in [1.29, 1.82) is 0 Å². The third-order valence-electron chi connectivity index (χ3n) is 2.68. The highest BCUT2D eigenvalue weighted by molar-refractivity contribution is 6.15. The molecule has 0 aliphatic heterocycles. The Labute approximate surface area is 115 Å². The summed E-state index contributed by atoms with van der Waals surface area (Å²) in [7, 11) is 0. The molecule has 0 saturated heterocycles. The molecule has 2 heterocycles. The van der Waals surface area contributed by atoms with Gasteiger partial charge in [0.25, 0.3) is 0 Å². The zero-order valence-corrected chi connectivity index (χ0v) is 10.7. The number of carbonyl (C=O) groups excluding carboxylic acids is 3. The molecule has 0 aromatic carbocycles. The number of hydrogen-bond acceptors (Lipinski definition) is 5. The van der Waals surface area contributed by atoms with Crippen molar-refractivity contribution in [2.24, 2.45) is 0 Å². The second kappa shape index (κ2) is 6.47. The average molecular weight is 268 g/mol. The van der Waals surface area contributed by atoms with Crippen molar-refractivity contribution in [1.82, 2.24) is 9.97 Å². The van der Waals surface area contributed by atoms with Crippen LogP contribution in [0.25, 0.3) is 0 Å². The largest absolute Gasteiger partial charge is 0.299 e. The van der Waals surface area contributed by atoms with E-state index in [9.17, 15) is 14.4 Å². The molecule has 0 atom stereocenters. The third kappa shape index (κ3) is 3.65. The SMILES string of the molecule is O=C(CC(=O)c1cccnc1)CC(=O)c1cccnc1. The maximum absolute atomic E-state index is 11.8. The predicted molar refractivity (Wildman–Crippen MR) is 71.4 cm³/mol. The first-order valence-electron chi connectivity index (χ1n) is 6.05. The average Bonchev–Trinajstić information content (AvgIpc) is 2.49. The fourth-order valence-electron chi connectivity index (χ4n) is 1.68. The normalized spacial score (nSPS) is 10.0. The fourth-order valence-corrected chi connectivity index (χ4v) is 1.68. The molecular formula is C15H12N2O3. The molecule has 2 aromatic heterocycles. The maximum atomic E-state index is 11.8. The molecule has 5 heteroatoms. The van der Waals surface area contributed by atoms with Crippen molar-refractivity contribution < 1.29 is 14.4 Å². The first kappa shape index (κ1) is 13.7. The molecule has 0 radical (unpaired) electrons. The summed E-state index contributed by atoms with van der Waals surface area (Å²) >= 11 is 0. The Morgan fingerprint density at radius 1 is 0.800 bits per heavy atom. The van der Waals surface area contributed by atoms with Gasteiger partial charge in [-0.2, -0.15) is 0 Å². The maximum Gasteiger partial charge on any atom is 0.171 e. The Morgan fingerprint density at radius 2 is 1.25 bits per heavy atom. The lowest BCUT2D eigenvalue weighted by Crippen LogP contribution is -2.13. The van der Waals surface area contributed by atoms with Gasteiger partial charge >= 0.3 is 0 Å². The first-order chi connectivity index (χ1) is 9.66. The van der Waals surface area contributed by atoms with Crippen LogP contribution in [-0.2, 0) is 4.79 Å². The molecule has 0 saturated carbocycles. The quantitative estimate of drug-likeness (QED) is 0.590. The second-order valence-corrected chi connectivity index (χ2v) is 4.22. The van der Waals surface area contributed by atoms with Gasteiger partial charge in [0.05, 0.1) is 12.8 Å². The molecule has 2 rings (SSSR count).